The van der Waals surface area contributed by atoms with Crippen LogP contribution in [0.25, 0.3) is 28.2 Å². The van der Waals surface area contributed by atoms with Gasteiger partial charge in [0.2, 0.25) is 21.9 Å². The van der Waals surface area contributed by atoms with Crippen molar-refractivity contribution in [3.05, 3.63) is 76.9 Å². The zero-order chi connectivity index (χ0) is 31.0. The minimum atomic E-state index is -3.45. The molecule has 13 nitrogen and oxygen atoms in total. The summed E-state index contributed by atoms with van der Waals surface area (Å²) in [6, 6.07) is 10.0. The summed E-state index contributed by atoms with van der Waals surface area (Å²) in [4.78, 5) is 32.3. The molecular weight excluding hydrogens is 580 g/mol. The van der Waals surface area contributed by atoms with Gasteiger partial charge in [-0.3, -0.25) is 13.9 Å². The summed E-state index contributed by atoms with van der Waals surface area (Å²) in [7, 11) is -0.0813. The minimum absolute atomic E-state index is 0.0856. The van der Waals surface area contributed by atoms with Crippen LogP contribution in [0.2, 0.25) is 0 Å². The van der Waals surface area contributed by atoms with Gasteiger partial charge >= 0.3 is 0 Å². The van der Waals surface area contributed by atoms with E-state index in [4.69, 9.17) is 4.98 Å². The van der Waals surface area contributed by atoms with Crippen LogP contribution in [0.3, 0.4) is 0 Å². The van der Waals surface area contributed by atoms with Crippen LogP contribution in [0.4, 0.5) is 11.6 Å². The third kappa shape index (κ3) is 5.87. The SMILES string of the molecule is Cc1c(-c2cc3cnc(Nc4ccc(C5CCCNC5)cc4)nc3n(CCN(C)S(C)(=O)=O)c2=O)ncn1-c1nccn1C. The number of nitrogens with zero attached hydrogens (tertiary/aromatic N) is 8. The van der Waals surface area contributed by atoms with E-state index in [9.17, 15) is 13.2 Å². The number of aryl methyl sites for hydroxylation is 1. The fraction of sp³-hybridized carbons (Fsp3) is 0.367. The van der Waals surface area contributed by atoms with Crippen LogP contribution in [0, 0.1) is 6.92 Å². The van der Waals surface area contributed by atoms with Gasteiger partial charge in [0.1, 0.15) is 12.0 Å². The zero-order valence-electron chi connectivity index (χ0n) is 25.2. The van der Waals surface area contributed by atoms with Crippen LogP contribution >= 0.6 is 0 Å². The van der Waals surface area contributed by atoms with Crippen molar-refractivity contribution in [2.24, 2.45) is 7.05 Å². The summed E-state index contributed by atoms with van der Waals surface area (Å²) < 4.78 is 30.7. The largest absolute Gasteiger partial charge is 0.324 e. The van der Waals surface area contributed by atoms with E-state index < -0.39 is 10.0 Å². The Balaban J connectivity index is 1.37. The Hall–Kier alpha value is -4.40. The number of hydrogen-bond acceptors (Lipinski definition) is 9. The molecule has 230 valence electrons. The Bertz CT molecular complexity index is 1970. The van der Waals surface area contributed by atoms with Gasteiger partial charge in [0.15, 0.2) is 0 Å². The predicted molar refractivity (Wildman–Crippen MR) is 170 cm³/mol. The van der Waals surface area contributed by atoms with Crippen molar-refractivity contribution >= 4 is 32.7 Å². The average molecular weight is 617 g/mol. The third-order valence-electron chi connectivity index (χ3n) is 8.24. The van der Waals surface area contributed by atoms with Crippen molar-refractivity contribution in [3.63, 3.8) is 0 Å². The molecule has 1 atom stereocenters. The maximum Gasteiger partial charge on any atom is 0.261 e. The third-order valence-corrected chi connectivity index (χ3v) is 9.55. The summed E-state index contributed by atoms with van der Waals surface area (Å²) in [6.07, 6.45) is 10.3. The number of imidazole rings is 2. The molecule has 5 aromatic rings. The van der Waals surface area contributed by atoms with Gasteiger partial charge in [-0.2, -0.15) is 4.98 Å². The number of sulfonamides is 1. The first kappa shape index (κ1) is 29.7. The fourth-order valence-corrected chi connectivity index (χ4v) is 5.99. The Labute approximate surface area is 255 Å². The number of hydrogen-bond donors (Lipinski definition) is 2. The quantitative estimate of drug-likeness (QED) is 0.255. The van der Waals surface area contributed by atoms with Crippen molar-refractivity contribution in [1.29, 1.82) is 0 Å². The van der Waals surface area contributed by atoms with E-state index in [1.165, 1.54) is 34.3 Å². The Morgan fingerprint density at radius 1 is 1.16 bits per heavy atom. The van der Waals surface area contributed by atoms with Gasteiger partial charge in [-0.25, -0.2) is 27.7 Å². The molecule has 1 aliphatic heterocycles. The second-order valence-corrected chi connectivity index (χ2v) is 13.3. The molecule has 1 aromatic carbocycles. The zero-order valence-corrected chi connectivity index (χ0v) is 26.0. The molecule has 4 aromatic heterocycles. The van der Waals surface area contributed by atoms with Crippen LogP contribution in [-0.2, 0) is 23.6 Å². The van der Waals surface area contributed by atoms with Gasteiger partial charge in [0.05, 0.1) is 23.2 Å². The summed E-state index contributed by atoms with van der Waals surface area (Å²) in [5, 5.41) is 7.34. The van der Waals surface area contributed by atoms with E-state index >= 15 is 0 Å². The van der Waals surface area contributed by atoms with Crippen LogP contribution in [0.15, 0.2) is 60.0 Å². The number of benzene rings is 1. The summed E-state index contributed by atoms with van der Waals surface area (Å²) in [6.45, 7) is 4.11. The standard InChI is InChI=1S/C30H36N10O3S/c1-20-26(34-19-40(20)30-32-12-13-37(30)2)25-16-23-18-33-29(35-24-9-7-21(8-10-24)22-6-5-11-31-17-22)36-27(23)39(28(25)41)15-14-38(3)44(4,42)43/h7-10,12-13,16,18-19,22,31H,5-6,11,14-15,17H2,1-4H3,(H,33,35,36). The number of rotatable bonds is 9. The second-order valence-electron chi connectivity index (χ2n) is 11.2. The van der Waals surface area contributed by atoms with Crippen molar-refractivity contribution in [1.82, 2.24) is 43.3 Å². The van der Waals surface area contributed by atoms with E-state index in [0.717, 1.165) is 30.7 Å². The molecule has 2 N–H and O–H groups in total. The van der Waals surface area contributed by atoms with Crippen LogP contribution < -0.4 is 16.2 Å². The number of aromatic nitrogens is 7. The minimum Gasteiger partial charge on any atom is -0.324 e. The van der Waals surface area contributed by atoms with Gasteiger partial charge in [-0.15, -0.1) is 0 Å². The van der Waals surface area contributed by atoms with Crippen molar-refractivity contribution in [2.75, 3.05) is 38.3 Å². The first-order valence-electron chi connectivity index (χ1n) is 14.5. The molecule has 6 rings (SSSR count). The predicted octanol–water partition coefficient (Wildman–Crippen LogP) is 2.79. The molecule has 0 saturated carbocycles. The number of fused-ring (bicyclic) bond motifs is 1. The number of likely N-dealkylation sites (N-methyl/N-ethyl adjacent to an activating group) is 1. The fourth-order valence-electron chi connectivity index (χ4n) is 5.57. The molecular formula is C30H36N10O3S. The molecule has 0 bridgehead atoms. The van der Waals surface area contributed by atoms with Gasteiger partial charge in [0, 0.05) is 63.4 Å². The second kappa shape index (κ2) is 11.9. The molecule has 1 fully saturated rings. The van der Waals surface area contributed by atoms with E-state index in [1.54, 1.807) is 24.8 Å². The number of pyridine rings is 1. The van der Waals surface area contributed by atoms with Crippen molar-refractivity contribution in [2.45, 2.75) is 32.2 Å². The molecule has 0 spiro atoms. The lowest BCUT2D eigenvalue weighted by Crippen LogP contribution is -2.33. The Morgan fingerprint density at radius 2 is 1.95 bits per heavy atom. The van der Waals surface area contributed by atoms with Crippen LogP contribution in [0.1, 0.15) is 30.0 Å². The van der Waals surface area contributed by atoms with Gasteiger partial charge in [-0.1, -0.05) is 12.1 Å². The molecule has 44 heavy (non-hydrogen) atoms. The maximum absolute atomic E-state index is 14.1. The highest BCUT2D eigenvalue weighted by Gasteiger charge is 2.21. The van der Waals surface area contributed by atoms with Gasteiger partial charge in [0.25, 0.3) is 5.56 Å². The van der Waals surface area contributed by atoms with Crippen molar-refractivity contribution in [3.8, 4) is 17.2 Å². The highest BCUT2D eigenvalue weighted by molar-refractivity contribution is 7.88. The smallest absolute Gasteiger partial charge is 0.261 e. The van der Waals surface area contributed by atoms with Crippen molar-refractivity contribution < 1.29 is 8.42 Å². The molecule has 1 aliphatic rings. The topological polar surface area (TPSA) is 145 Å². The molecule has 0 amide bonds. The maximum atomic E-state index is 14.1. The molecule has 5 heterocycles. The lowest BCUT2D eigenvalue weighted by atomic mass is 9.92. The van der Waals surface area contributed by atoms with Gasteiger partial charge in [-0.05, 0) is 56.0 Å². The Morgan fingerprint density at radius 3 is 2.64 bits per heavy atom. The highest BCUT2D eigenvalue weighted by atomic mass is 32.2. The summed E-state index contributed by atoms with van der Waals surface area (Å²) in [5.74, 6) is 1.50. The van der Waals surface area contributed by atoms with E-state index in [0.29, 0.717) is 40.1 Å². The van der Waals surface area contributed by atoms with Crippen LogP contribution in [-0.4, -0.2) is 79.3 Å². The average Bonchev–Trinajstić information content (AvgIpc) is 3.61. The molecule has 0 aliphatic carbocycles. The first-order valence-corrected chi connectivity index (χ1v) is 16.4. The number of anilines is 2. The first-order chi connectivity index (χ1) is 21.1. The molecule has 14 heteroatoms. The monoisotopic (exact) mass is 616 g/mol. The molecule has 1 saturated heterocycles. The Kier molecular flexibility index (Phi) is 8.05. The normalized spacial score (nSPS) is 15.7. The summed E-state index contributed by atoms with van der Waals surface area (Å²) in [5.41, 5.74) is 3.78. The number of piperidine rings is 1. The summed E-state index contributed by atoms with van der Waals surface area (Å²) >= 11 is 0. The van der Waals surface area contributed by atoms with E-state index in [2.05, 4.69) is 37.7 Å². The van der Waals surface area contributed by atoms with Crippen LogP contribution in [0.5, 0.6) is 0 Å². The van der Waals surface area contributed by atoms with E-state index in [-0.39, 0.29) is 18.6 Å². The highest BCUT2D eigenvalue weighted by Crippen LogP contribution is 2.27. The lowest BCUT2D eigenvalue weighted by Gasteiger charge is -2.23. The van der Waals surface area contributed by atoms with E-state index in [1.807, 2.05) is 41.4 Å². The molecule has 0 radical (unpaired) electrons. The number of nitrogens with one attached hydrogen (secondary N) is 2. The lowest BCUT2D eigenvalue weighted by molar-refractivity contribution is 0.449. The van der Waals surface area contributed by atoms with Gasteiger partial charge < -0.3 is 15.2 Å². The molecule has 1 unspecified atom stereocenters.